The average Bonchev–Trinajstić information content (AvgIpc) is 3.06. The van der Waals surface area contributed by atoms with Crippen molar-refractivity contribution in [3.8, 4) is 0 Å². The Kier molecular flexibility index (Phi) is 3.55. The van der Waals surface area contributed by atoms with Crippen molar-refractivity contribution in [3.05, 3.63) is 70.1 Å². The van der Waals surface area contributed by atoms with Gasteiger partial charge in [-0.05, 0) is 48.5 Å². The first-order valence-electron chi connectivity index (χ1n) is 7.35. The van der Waals surface area contributed by atoms with Crippen molar-refractivity contribution in [1.29, 1.82) is 0 Å². The van der Waals surface area contributed by atoms with Gasteiger partial charge in [-0.2, -0.15) is 0 Å². The van der Waals surface area contributed by atoms with E-state index in [1.807, 2.05) is 0 Å². The molecule has 0 fully saturated rings. The van der Waals surface area contributed by atoms with Crippen LogP contribution in [0.3, 0.4) is 0 Å². The van der Waals surface area contributed by atoms with Crippen molar-refractivity contribution in [2.75, 3.05) is 4.72 Å². The average molecular weight is 374 g/mol. The molecule has 3 N–H and O–H groups in total. The molecule has 2 aromatic carbocycles. The number of halogens is 1. The predicted octanol–water partition coefficient (Wildman–Crippen LogP) is 3.46. The summed E-state index contributed by atoms with van der Waals surface area (Å²) in [6.45, 7) is 0. The Morgan fingerprint density at radius 1 is 0.960 bits per heavy atom. The summed E-state index contributed by atoms with van der Waals surface area (Å²) in [6.07, 6.45) is 1.67. The number of pyridine rings is 1. The molecule has 0 saturated heterocycles. The molecule has 8 heteroatoms. The van der Waals surface area contributed by atoms with Crippen LogP contribution in [-0.2, 0) is 10.0 Å². The second-order valence-electron chi connectivity index (χ2n) is 5.54. The van der Waals surface area contributed by atoms with Gasteiger partial charge in [-0.25, -0.2) is 8.42 Å². The molecule has 6 nitrogen and oxygen atoms in total. The van der Waals surface area contributed by atoms with Crippen LogP contribution in [0.1, 0.15) is 0 Å². The standard InChI is InChI=1S/C17H12ClN3O3S/c18-10-1-4-12(5-2-10)25(23,24)21-11-3-6-15-14(9-11)13-7-8-19-16(13)17(22)20-15/h1-9,19,21H,(H,20,22). The lowest BCUT2D eigenvalue weighted by atomic mass is 10.1. The van der Waals surface area contributed by atoms with E-state index >= 15 is 0 Å². The molecule has 0 bridgehead atoms. The molecule has 0 atom stereocenters. The Labute approximate surface area is 147 Å². The summed E-state index contributed by atoms with van der Waals surface area (Å²) in [6, 6.07) is 12.7. The number of sulfonamides is 1. The molecule has 4 aromatic rings. The number of nitrogens with one attached hydrogen (secondary N) is 3. The Bertz CT molecular complexity index is 1260. The molecule has 0 saturated carbocycles. The second-order valence-corrected chi connectivity index (χ2v) is 7.66. The van der Waals surface area contributed by atoms with Gasteiger partial charge in [0.1, 0.15) is 5.52 Å². The normalized spacial score (nSPS) is 11.9. The van der Waals surface area contributed by atoms with Crippen LogP contribution in [0, 0.1) is 0 Å². The van der Waals surface area contributed by atoms with Crippen molar-refractivity contribution < 1.29 is 8.42 Å². The number of rotatable bonds is 3. The maximum atomic E-state index is 12.5. The van der Waals surface area contributed by atoms with Crippen molar-refractivity contribution in [2.24, 2.45) is 0 Å². The van der Waals surface area contributed by atoms with Crippen LogP contribution in [0.25, 0.3) is 21.8 Å². The van der Waals surface area contributed by atoms with Crippen LogP contribution in [0.4, 0.5) is 5.69 Å². The van der Waals surface area contributed by atoms with Gasteiger partial charge in [0.2, 0.25) is 0 Å². The van der Waals surface area contributed by atoms with Gasteiger partial charge < -0.3 is 9.97 Å². The van der Waals surface area contributed by atoms with E-state index in [4.69, 9.17) is 11.6 Å². The highest BCUT2D eigenvalue weighted by molar-refractivity contribution is 7.92. The maximum absolute atomic E-state index is 12.5. The lowest BCUT2D eigenvalue weighted by molar-refractivity contribution is 0.601. The molecule has 0 aliphatic carbocycles. The minimum Gasteiger partial charge on any atom is -0.357 e. The lowest BCUT2D eigenvalue weighted by Crippen LogP contribution is -2.13. The summed E-state index contributed by atoms with van der Waals surface area (Å²) in [5.74, 6) is 0. The molecule has 0 spiro atoms. The van der Waals surface area contributed by atoms with Crippen molar-refractivity contribution >= 4 is 49.1 Å². The number of aromatic amines is 2. The topological polar surface area (TPSA) is 94.8 Å². The quantitative estimate of drug-likeness (QED) is 0.513. The predicted molar refractivity (Wildman–Crippen MR) is 98.7 cm³/mol. The van der Waals surface area contributed by atoms with Crippen LogP contribution in [0.2, 0.25) is 5.02 Å². The highest BCUT2D eigenvalue weighted by atomic mass is 35.5. The van der Waals surface area contributed by atoms with Gasteiger partial charge in [-0.3, -0.25) is 9.52 Å². The van der Waals surface area contributed by atoms with E-state index in [1.54, 1.807) is 30.5 Å². The Hall–Kier alpha value is -2.77. The van der Waals surface area contributed by atoms with Gasteiger partial charge in [-0.1, -0.05) is 11.6 Å². The molecule has 126 valence electrons. The van der Waals surface area contributed by atoms with Gasteiger partial charge in [0.25, 0.3) is 15.6 Å². The van der Waals surface area contributed by atoms with Crippen molar-refractivity contribution in [2.45, 2.75) is 4.90 Å². The number of aromatic nitrogens is 2. The van der Waals surface area contributed by atoms with Gasteiger partial charge >= 0.3 is 0 Å². The summed E-state index contributed by atoms with van der Waals surface area (Å²) in [5, 5.41) is 1.93. The molecule has 25 heavy (non-hydrogen) atoms. The lowest BCUT2D eigenvalue weighted by Gasteiger charge is -2.09. The van der Waals surface area contributed by atoms with E-state index in [0.29, 0.717) is 21.7 Å². The fourth-order valence-corrected chi connectivity index (χ4v) is 3.91. The third-order valence-electron chi connectivity index (χ3n) is 3.91. The molecule has 0 amide bonds. The number of anilines is 1. The Morgan fingerprint density at radius 2 is 1.72 bits per heavy atom. The third kappa shape index (κ3) is 2.77. The molecule has 4 rings (SSSR count). The fourth-order valence-electron chi connectivity index (χ4n) is 2.73. The molecule has 0 aliphatic heterocycles. The van der Waals surface area contributed by atoms with E-state index in [9.17, 15) is 13.2 Å². The van der Waals surface area contributed by atoms with Crippen molar-refractivity contribution in [1.82, 2.24) is 9.97 Å². The van der Waals surface area contributed by atoms with Crippen LogP contribution < -0.4 is 10.3 Å². The van der Waals surface area contributed by atoms with E-state index in [2.05, 4.69) is 14.7 Å². The number of hydrogen-bond acceptors (Lipinski definition) is 3. The van der Waals surface area contributed by atoms with E-state index in [0.717, 1.165) is 10.8 Å². The zero-order valence-electron chi connectivity index (χ0n) is 12.7. The molecule has 2 aromatic heterocycles. The number of benzene rings is 2. The van der Waals surface area contributed by atoms with Gasteiger partial charge in [0.05, 0.1) is 4.90 Å². The summed E-state index contributed by atoms with van der Waals surface area (Å²) < 4.78 is 27.5. The maximum Gasteiger partial charge on any atom is 0.272 e. The van der Waals surface area contributed by atoms with Crippen LogP contribution in [0.5, 0.6) is 0 Å². The molecular formula is C17H12ClN3O3S. The highest BCUT2D eigenvalue weighted by Crippen LogP contribution is 2.25. The van der Waals surface area contributed by atoms with Crippen LogP contribution >= 0.6 is 11.6 Å². The Balaban J connectivity index is 1.81. The third-order valence-corrected chi connectivity index (χ3v) is 5.56. The molecule has 0 unspecified atom stereocenters. The first-order valence-corrected chi connectivity index (χ1v) is 9.22. The fraction of sp³-hybridized carbons (Fsp3) is 0. The Morgan fingerprint density at radius 3 is 2.48 bits per heavy atom. The summed E-state index contributed by atoms with van der Waals surface area (Å²) in [7, 11) is -3.74. The summed E-state index contributed by atoms with van der Waals surface area (Å²) in [5.41, 5.74) is 1.26. The van der Waals surface area contributed by atoms with Gasteiger partial charge in [0.15, 0.2) is 0 Å². The first-order chi connectivity index (χ1) is 11.9. The monoisotopic (exact) mass is 373 g/mol. The minimum atomic E-state index is -3.74. The zero-order chi connectivity index (χ0) is 17.6. The van der Waals surface area contributed by atoms with Crippen LogP contribution in [0.15, 0.2) is 64.4 Å². The summed E-state index contributed by atoms with van der Waals surface area (Å²) >= 11 is 5.80. The summed E-state index contributed by atoms with van der Waals surface area (Å²) in [4.78, 5) is 17.7. The molecule has 0 aliphatic rings. The SMILES string of the molecule is O=c1[nH]c2ccc(NS(=O)(=O)c3ccc(Cl)cc3)cc2c2cc[nH]c12. The van der Waals surface area contributed by atoms with E-state index in [-0.39, 0.29) is 10.5 Å². The first kappa shape index (κ1) is 15.7. The zero-order valence-corrected chi connectivity index (χ0v) is 14.3. The number of fused-ring (bicyclic) bond motifs is 3. The molecular weight excluding hydrogens is 362 g/mol. The second kappa shape index (κ2) is 5.65. The number of H-pyrrole nitrogens is 2. The number of hydrogen-bond donors (Lipinski definition) is 3. The van der Waals surface area contributed by atoms with E-state index < -0.39 is 10.0 Å². The van der Waals surface area contributed by atoms with Crippen LogP contribution in [-0.4, -0.2) is 18.4 Å². The van der Waals surface area contributed by atoms with Gasteiger partial charge in [-0.15, -0.1) is 0 Å². The highest BCUT2D eigenvalue weighted by Gasteiger charge is 2.15. The minimum absolute atomic E-state index is 0.116. The van der Waals surface area contributed by atoms with Gasteiger partial charge in [0, 0.05) is 33.2 Å². The molecule has 2 heterocycles. The van der Waals surface area contributed by atoms with E-state index in [1.165, 1.54) is 24.3 Å². The molecule has 0 radical (unpaired) electrons. The smallest absolute Gasteiger partial charge is 0.272 e. The van der Waals surface area contributed by atoms with Crippen molar-refractivity contribution in [3.63, 3.8) is 0 Å². The largest absolute Gasteiger partial charge is 0.357 e.